The van der Waals surface area contributed by atoms with Crippen LogP contribution in [0.3, 0.4) is 0 Å². The summed E-state index contributed by atoms with van der Waals surface area (Å²) in [6, 6.07) is 0. The van der Waals surface area contributed by atoms with Gasteiger partial charge in [0.05, 0.1) is 0 Å². The maximum Gasteiger partial charge on any atom is -0.0240 e. The highest BCUT2D eigenvalue weighted by Gasteiger charge is 2.61. The molecule has 0 saturated heterocycles. The van der Waals surface area contributed by atoms with E-state index in [1.54, 1.807) is 334 Å². The number of hydrogen-bond donors (Lipinski definition) is 0. The summed E-state index contributed by atoms with van der Waals surface area (Å²) in [7, 11) is 0. The lowest BCUT2D eigenvalue weighted by molar-refractivity contribution is -0.126. The molecule has 0 heterocycles. The van der Waals surface area contributed by atoms with Crippen LogP contribution < -0.4 is 0 Å². The van der Waals surface area contributed by atoms with Gasteiger partial charge in [0.1, 0.15) is 0 Å². The van der Waals surface area contributed by atoms with Crippen molar-refractivity contribution in [2.24, 2.45) is 151 Å². The van der Waals surface area contributed by atoms with Crippen molar-refractivity contribution < 1.29 is 0 Å². The van der Waals surface area contributed by atoms with E-state index in [9.17, 15) is 0 Å². The minimum atomic E-state index is 0.864. The molecule has 0 amide bonds. The molecule has 26 saturated carbocycles. The largest absolute Gasteiger partial charge is 0.0533 e. The van der Waals surface area contributed by atoms with Gasteiger partial charge in [-0.1, -0.05) is 154 Å². The van der Waals surface area contributed by atoms with E-state index >= 15 is 0 Å². The normalized spacial score (nSPS) is 48.0. The van der Waals surface area contributed by atoms with Crippen molar-refractivity contribution in [3.05, 3.63) is 0 Å². The molecular formula is C88H144. The summed E-state index contributed by atoms with van der Waals surface area (Å²) in [5, 5.41) is 0. The maximum absolute atomic E-state index is 1.63. The Labute approximate surface area is 545 Å². The van der Waals surface area contributed by atoms with Crippen molar-refractivity contribution in [3.8, 4) is 0 Å². The SMILES string of the molecule is C1CCC2(C1)C1CC3CC(C1)CC2C3.C1CCC2(CC1)C1CC3CC(C1)CC2C3.C1CCCC2(CC1)C1CC3CC(C1)CC2C3.C1CCCC2(CC1)C1CC3CC(C1)CC2C3.C1CCCC2(CC1)CC1CCC2C1.C1CCCC2(CCC1)CC1CCC2C1. The van der Waals surface area contributed by atoms with Gasteiger partial charge in [-0.15, -0.1) is 0 Å². The zero-order valence-corrected chi connectivity index (χ0v) is 58.4. The van der Waals surface area contributed by atoms with Crippen LogP contribution in [0, 0.1) is 151 Å². The van der Waals surface area contributed by atoms with Gasteiger partial charge in [-0.25, -0.2) is 0 Å². The highest BCUT2D eigenvalue weighted by atomic mass is 14.7. The van der Waals surface area contributed by atoms with E-state index in [4.69, 9.17) is 0 Å². The molecule has 26 aliphatic rings. The molecule has 0 aromatic carbocycles. The predicted octanol–water partition coefficient (Wildman–Crippen LogP) is 26.6. The second-order valence-corrected chi connectivity index (χ2v) is 40.8. The first-order valence-electron chi connectivity index (χ1n) is 43.2. The summed E-state index contributed by atoms with van der Waals surface area (Å²) < 4.78 is 0. The van der Waals surface area contributed by atoms with Gasteiger partial charge < -0.3 is 0 Å². The van der Waals surface area contributed by atoms with Crippen LogP contribution in [0.2, 0.25) is 0 Å². The molecule has 26 aliphatic carbocycles. The number of fused-ring (bicyclic) bond motifs is 6. The summed E-state index contributed by atoms with van der Waals surface area (Å²) in [5.74, 6) is 23.3. The number of hydrogen-bond acceptors (Lipinski definition) is 0. The molecule has 4 atom stereocenters. The highest BCUT2D eigenvalue weighted by Crippen LogP contribution is 2.71. The first-order valence-corrected chi connectivity index (χ1v) is 43.2. The van der Waals surface area contributed by atoms with E-state index in [1.165, 1.54) is 135 Å². The molecule has 0 nitrogen and oxygen atoms in total. The summed E-state index contributed by atoms with van der Waals surface area (Å²) in [6.07, 6.45) is 98.6. The second kappa shape index (κ2) is 25.8. The predicted molar refractivity (Wildman–Crippen MR) is 371 cm³/mol. The lowest BCUT2D eigenvalue weighted by Crippen LogP contribution is -2.53. The first kappa shape index (κ1) is 61.6. The van der Waals surface area contributed by atoms with Gasteiger partial charge in [0.15, 0.2) is 0 Å². The first-order chi connectivity index (χ1) is 43.2. The molecule has 0 aliphatic heterocycles. The topological polar surface area (TPSA) is 0 Å². The van der Waals surface area contributed by atoms with E-state index in [0.29, 0.717) is 0 Å². The molecule has 0 aromatic rings. The third kappa shape index (κ3) is 11.5. The van der Waals surface area contributed by atoms with Gasteiger partial charge in [-0.05, 0) is 395 Å². The second-order valence-electron chi connectivity index (χ2n) is 40.8. The lowest BCUT2D eigenvalue weighted by atomic mass is 9.42. The summed E-state index contributed by atoms with van der Waals surface area (Å²) in [5.41, 5.74) is 5.25. The average Bonchev–Trinajstić information content (AvgIpc) is 1.57. The van der Waals surface area contributed by atoms with Crippen molar-refractivity contribution in [2.75, 3.05) is 0 Å². The van der Waals surface area contributed by atoms with Crippen molar-refractivity contribution in [2.45, 2.75) is 398 Å². The van der Waals surface area contributed by atoms with E-state index in [-0.39, 0.29) is 0 Å². The fourth-order valence-corrected chi connectivity index (χ4v) is 34.2. The van der Waals surface area contributed by atoms with Gasteiger partial charge in [-0.2, -0.15) is 0 Å². The minimum absolute atomic E-state index is 0.864. The van der Waals surface area contributed by atoms with Gasteiger partial charge in [0, 0.05) is 0 Å². The van der Waals surface area contributed by atoms with E-state index in [2.05, 4.69) is 0 Å². The smallest absolute Gasteiger partial charge is 0.0240 e. The summed E-state index contributed by atoms with van der Waals surface area (Å²) in [6.45, 7) is 0. The van der Waals surface area contributed by atoms with Crippen LogP contribution in [0.25, 0.3) is 0 Å². The molecule has 6 spiro atoms. The summed E-state index contributed by atoms with van der Waals surface area (Å²) in [4.78, 5) is 0. The van der Waals surface area contributed by atoms with Crippen molar-refractivity contribution >= 4 is 0 Å². The molecule has 0 radical (unpaired) electrons. The monoisotopic (exact) mass is 1200 g/mol. The van der Waals surface area contributed by atoms with Crippen LogP contribution in [0.4, 0.5) is 0 Å². The third-order valence-corrected chi connectivity index (χ3v) is 37.1. The molecule has 0 heteroatoms. The molecule has 26 rings (SSSR count). The van der Waals surface area contributed by atoms with Gasteiger partial charge in [0.25, 0.3) is 0 Å². The minimum Gasteiger partial charge on any atom is -0.0533 e. The van der Waals surface area contributed by atoms with Crippen molar-refractivity contribution in [1.82, 2.24) is 0 Å². The van der Waals surface area contributed by atoms with E-state index in [1.807, 2.05) is 0 Å². The highest BCUT2D eigenvalue weighted by molar-refractivity contribution is 5.11. The Kier molecular flexibility index (Phi) is 18.0. The molecule has 4 unspecified atom stereocenters. The zero-order valence-electron chi connectivity index (χ0n) is 58.4. The van der Waals surface area contributed by atoms with Crippen LogP contribution in [-0.4, -0.2) is 0 Å². The van der Waals surface area contributed by atoms with Crippen LogP contribution in [0.1, 0.15) is 398 Å². The van der Waals surface area contributed by atoms with Crippen molar-refractivity contribution in [1.29, 1.82) is 0 Å². The Balaban J connectivity index is 0.0000000821. The van der Waals surface area contributed by atoms with Gasteiger partial charge in [-0.3, -0.25) is 0 Å². The molecule has 20 bridgehead atoms. The van der Waals surface area contributed by atoms with Crippen molar-refractivity contribution in [3.63, 3.8) is 0 Å². The fourth-order valence-electron chi connectivity index (χ4n) is 34.2. The Morgan fingerprint density at radius 3 is 0.500 bits per heavy atom. The number of rotatable bonds is 0. The molecule has 496 valence electrons. The Hall–Kier alpha value is 0. The van der Waals surface area contributed by atoms with E-state index < -0.39 is 0 Å². The van der Waals surface area contributed by atoms with Crippen LogP contribution in [0.5, 0.6) is 0 Å². The molecule has 0 N–H and O–H groups in total. The van der Waals surface area contributed by atoms with E-state index in [0.717, 1.165) is 79.8 Å². The lowest BCUT2D eigenvalue weighted by Gasteiger charge is -2.63. The Morgan fingerprint density at radius 2 is 0.307 bits per heavy atom. The Morgan fingerprint density at radius 1 is 0.136 bits per heavy atom. The standard InChI is InChI=1S/2C16H26.C15H24.C14H22.C14H24.C13H22/c2*1-2-4-6-16(5-3-1)14-8-12-7-13(10-14)11-15(16)9-12;1-2-4-15(5-3-1)13-7-11-6-12(9-13)10-14(15)8-11;1-2-4-14(3-1)12-6-10-5-11(8-12)9-13(14)7-10;1-2-4-8-14(9-5-3-1)11-12-6-7-13(14)10-12;1-2-4-8-13(7-3-1)10-11-5-6-12(13)9-11/h2*12-15H,1-11H2;11-14H,1-10H2;10-13H,1-9H2;12-13H,1-11H2;11-12H,1-10H2. The molecule has 0 aromatic heterocycles. The zero-order chi connectivity index (χ0) is 58.4. The van der Waals surface area contributed by atoms with Gasteiger partial charge >= 0.3 is 0 Å². The summed E-state index contributed by atoms with van der Waals surface area (Å²) >= 11 is 0. The van der Waals surface area contributed by atoms with Crippen LogP contribution >= 0.6 is 0 Å². The fraction of sp³-hybridized carbons (Fsp3) is 1.00. The van der Waals surface area contributed by atoms with Crippen LogP contribution in [-0.2, 0) is 0 Å². The molecule has 88 heavy (non-hydrogen) atoms. The third-order valence-electron chi connectivity index (χ3n) is 37.1. The Bertz CT molecular complexity index is 2070. The quantitative estimate of drug-likeness (QED) is 0.227. The maximum atomic E-state index is 1.63. The molecule has 26 fully saturated rings. The molecular weight excluding hydrogens is 1060 g/mol. The van der Waals surface area contributed by atoms with Crippen LogP contribution in [0.15, 0.2) is 0 Å². The average molecular weight is 1200 g/mol. The van der Waals surface area contributed by atoms with Gasteiger partial charge in [0.2, 0.25) is 0 Å².